The average Bonchev–Trinajstić information content (AvgIpc) is 3.06. The lowest BCUT2D eigenvalue weighted by Crippen LogP contribution is -2.28. The number of ether oxygens (including phenoxy) is 1. The number of pyridine rings is 1. The molecule has 6 heteroatoms. The minimum Gasteiger partial charge on any atom is -0.481 e. The summed E-state index contributed by atoms with van der Waals surface area (Å²) in [5, 5.41) is 4.10. The maximum Gasteiger partial charge on any atom is 0.258 e. The Morgan fingerprint density at radius 2 is 2.18 bits per heavy atom. The predicted molar refractivity (Wildman–Crippen MR) is 82.8 cm³/mol. The molecule has 1 N–H and O–H groups in total. The lowest BCUT2D eigenvalue weighted by Gasteiger charge is -2.09. The molecule has 0 radical (unpaired) electrons. The standard InChI is InChI=1S/C16H13ClN2O3/c17-13-5-6-14(16-12(13)4-1-7-18-16)22-10-15(20)19-9-11-3-2-8-21-11/h1-8H,9-10H2,(H,19,20). The van der Waals surface area contributed by atoms with Crippen molar-refractivity contribution < 1.29 is 13.9 Å². The van der Waals surface area contributed by atoms with Crippen LogP contribution in [-0.2, 0) is 11.3 Å². The van der Waals surface area contributed by atoms with Gasteiger partial charge in [-0.2, -0.15) is 0 Å². The van der Waals surface area contributed by atoms with Crippen LogP contribution in [0.25, 0.3) is 10.9 Å². The zero-order valence-electron chi connectivity index (χ0n) is 11.6. The highest BCUT2D eigenvalue weighted by Crippen LogP contribution is 2.29. The van der Waals surface area contributed by atoms with Crippen molar-refractivity contribution in [3.05, 3.63) is 59.6 Å². The van der Waals surface area contributed by atoms with Gasteiger partial charge in [0.05, 0.1) is 17.8 Å². The normalized spacial score (nSPS) is 10.6. The number of amides is 1. The van der Waals surface area contributed by atoms with Crippen molar-refractivity contribution >= 4 is 28.4 Å². The first-order chi connectivity index (χ1) is 10.7. The first-order valence-corrected chi connectivity index (χ1v) is 7.07. The van der Waals surface area contributed by atoms with Crippen molar-refractivity contribution in [2.24, 2.45) is 0 Å². The first-order valence-electron chi connectivity index (χ1n) is 6.69. The molecule has 3 aromatic rings. The number of hydrogen-bond acceptors (Lipinski definition) is 4. The van der Waals surface area contributed by atoms with Crippen molar-refractivity contribution in [3.8, 4) is 5.75 Å². The molecule has 5 nitrogen and oxygen atoms in total. The molecule has 1 aromatic carbocycles. The van der Waals surface area contributed by atoms with E-state index < -0.39 is 0 Å². The van der Waals surface area contributed by atoms with Gasteiger partial charge < -0.3 is 14.5 Å². The van der Waals surface area contributed by atoms with Gasteiger partial charge in [0.15, 0.2) is 6.61 Å². The van der Waals surface area contributed by atoms with E-state index in [0.29, 0.717) is 28.6 Å². The van der Waals surface area contributed by atoms with Crippen LogP contribution in [-0.4, -0.2) is 17.5 Å². The maximum atomic E-state index is 11.8. The van der Waals surface area contributed by atoms with Gasteiger partial charge in [-0.15, -0.1) is 0 Å². The number of rotatable bonds is 5. The molecule has 1 amide bonds. The summed E-state index contributed by atoms with van der Waals surface area (Å²) in [7, 11) is 0. The van der Waals surface area contributed by atoms with Gasteiger partial charge in [-0.25, -0.2) is 0 Å². The molecule has 0 aliphatic carbocycles. The second-order valence-corrected chi connectivity index (χ2v) is 5.00. The van der Waals surface area contributed by atoms with E-state index in [1.54, 1.807) is 42.8 Å². The van der Waals surface area contributed by atoms with E-state index in [1.165, 1.54) is 0 Å². The molecule has 2 heterocycles. The third-order valence-corrected chi connectivity index (χ3v) is 3.41. The number of fused-ring (bicyclic) bond motifs is 1. The van der Waals surface area contributed by atoms with Gasteiger partial charge in [0, 0.05) is 11.6 Å². The van der Waals surface area contributed by atoms with Gasteiger partial charge in [-0.3, -0.25) is 9.78 Å². The highest BCUT2D eigenvalue weighted by Gasteiger charge is 2.09. The third kappa shape index (κ3) is 3.20. The number of benzene rings is 1. The van der Waals surface area contributed by atoms with E-state index >= 15 is 0 Å². The Bertz CT molecular complexity index is 787. The monoisotopic (exact) mass is 316 g/mol. The molecule has 0 atom stereocenters. The fourth-order valence-electron chi connectivity index (χ4n) is 2.02. The number of nitrogens with zero attached hydrogens (tertiary/aromatic N) is 1. The third-order valence-electron chi connectivity index (χ3n) is 3.08. The second kappa shape index (κ2) is 6.49. The van der Waals surface area contributed by atoms with Crippen molar-refractivity contribution in [1.82, 2.24) is 10.3 Å². The zero-order chi connectivity index (χ0) is 15.4. The molecule has 0 saturated carbocycles. The molecule has 22 heavy (non-hydrogen) atoms. The summed E-state index contributed by atoms with van der Waals surface area (Å²) in [6.07, 6.45) is 3.21. The van der Waals surface area contributed by atoms with Gasteiger partial charge >= 0.3 is 0 Å². The molecule has 0 spiro atoms. The quantitative estimate of drug-likeness (QED) is 0.785. The molecule has 2 aromatic heterocycles. The molecule has 3 rings (SSSR count). The summed E-state index contributed by atoms with van der Waals surface area (Å²) in [5.74, 6) is 0.968. The Labute approximate surface area is 131 Å². The molecule has 112 valence electrons. The van der Waals surface area contributed by atoms with Gasteiger partial charge in [0.1, 0.15) is 17.0 Å². The zero-order valence-corrected chi connectivity index (χ0v) is 12.3. The van der Waals surface area contributed by atoms with E-state index in [4.69, 9.17) is 20.8 Å². The number of aromatic nitrogens is 1. The summed E-state index contributed by atoms with van der Waals surface area (Å²) in [4.78, 5) is 16.0. The molecule has 0 aliphatic heterocycles. The number of furan rings is 1. The van der Waals surface area contributed by atoms with Crippen LogP contribution < -0.4 is 10.1 Å². The summed E-state index contributed by atoms with van der Waals surface area (Å²) in [5.41, 5.74) is 0.633. The smallest absolute Gasteiger partial charge is 0.258 e. The number of halogens is 1. The molecule has 0 unspecified atom stereocenters. The van der Waals surface area contributed by atoms with Crippen molar-refractivity contribution in [3.63, 3.8) is 0 Å². The number of nitrogens with one attached hydrogen (secondary N) is 1. The Hall–Kier alpha value is -2.53. The molecule has 0 fully saturated rings. The van der Waals surface area contributed by atoms with E-state index in [1.807, 2.05) is 6.07 Å². The van der Waals surface area contributed by atoms with Crippen LogP contribution >= 0.6 is 11.6 Å². The van der Waals surface area contributed by atoms with Gasteiger partial charge in [-0.1, -0.05) is 11.6 Å². The lowest BCUT2D eigenvalue weighted by atomic mass is 10.2. The van der Waals surface area contributed by atoms with Crippen molar-refractivity contribution in [2.45, 2.75) is 6.54 Å². The van der Waals surface area contributed by atoms with E-state index in [9.17, 15) is 4.79 Å². The van der Waals surface area contributed by atoms with Crippen molar-refractivity contribution in [2.75, 3.05) is 6.61 Å². The average molecular weight is 317 g/mol. The van der Waals surface area contributed by atoms with Crippen LogP contribution in [0.2, 0.25) is 5.02 Å². The minimum atomic E-state index is -0.240. The molecular weight excluding hydrogens is 304 g/mol. The van der Waals surface area contributed by atoms with E-state index in [0.717, 1.165) is 5.39 Å². The number of carbonyl (C=O) groups excluding carboxylic acids is 1. The maximum absolute atomic E-state index is 11.8. The topological polar surface area (TPSA) is 64.4 Å². The van der Waals surface area contributed by atoms with E-state index in [-0.39, 0.29) is 12.5 Å². The highest BCUT2D eigenvalue weighted by molar-refractivity contribution is 6.35. The predicted octanol–water partition coefficient (Wildman–Crippen LogP) is 3.18. The fraction of sp³-hybridized carbons (Fsp3) is 0.125. The SMILES string of the molecule is O=C(COc1ccc(Cl)c2cccnc12)NCc1ccco1. The largest absolute Gasteiger partial charge is 0.481 e. The molecule has 0 saturated heterocycles. The highest BCUT2D eigenvalue weighted by atomic mass is 35.5. The van der Waals surface area contributed by atoms with Gasteiger partial charge in [-0.05, 0) is 36.4 Å². The van der Waals surface area contributed by atoms with Crippen LogP contribution in [0.1, 0.15) is 5.76 Å². The summed E-state index contributed by atoms with van der Waals surface area (Å²) in [6.45, 7) is 0.225. The van der Waals surface area contributed by atoms with Crippen LogP contribution in [0.5, 0.6) is 5.75 Å². The van der Waals surface area contributed by atoms with Crippen molar-refractivity contribution in [1.29, 1.82) is 0 Å². The second-order valence-electron chi connectivity index (χ2n) is 4.59. The summed E-state index contributed by atoms with van der Waals surface area (Å²) in [6, 6.07) is 10.6. The van der Waals surface area contributed by atoms with Crippen LogP contribution in [0, 0.1) is 0 Å². The van der Waals surface area contributed by atoms with Crippen LogP contribution in [0.15, 0.2) is 53.3 Å². The molecule has 0 bridgehead atoms. The Kier molecular flexibility index (Phi) is 4.25. The summed E-state index contributed by atoms with van der Waals surface area (Å²) < 4.78 is 10.7. The van der Waals surface area contributed by atoms with Gasteiger partial charge in [0.25, 0.3) is 5.91 Å². The van der Waals surface area contributed by atoms with Crippen LogP contribution in [0.3, 0.4) is 0 Å². The lowest BCUT2D eigenvalue weighted by molar-refractivity contribution is -0.123. The first kappa shape index (κ1) is 14.4. The number of hydrogen-bond donors (Lipinski definition) is 1. The van der Waals surface area contributed by atoms with Crippen LogP contribution in [0.4, 0.5) is 0 Å². The minimum absolute atomic E-state index is 0.103. The van der Waals surface area contributed by atoms with Gasteiger partial charge in [0.2, 0.25) is 0 Å². The Morgan fingerprint density at radius 3 is 3.00 bits per heavy atom. The Balaban J connectivity index is 1.64. The molecule has 0 aliphatic rings. The fourth-order valence-corrected chi connectivity index (χ4v) is 2.24. The number of carbonyl (C=O) groups is 1. The van der Waals surface area contributed by atoms with E-state index in [2.05, 4.69) is 10.3 Å². The molecular formula is C16H13ClN2O3. The Morgan fingerprint density at radius 1 is 1.27 bits per heavy atom. The summed E-state index contributed by atoms with van der Waals surface area (Å²) >= 11 is 6.11.